The summed E-state index contributed by atoms with van der Waals surface area (Å²) in [6.45, 7) is 8.58. The second-order valence-electron chi connectivity index (χ2n) is 4.22. The summed E-state index contributed by atoms with van der Waals surface area (Å²) >= 11 is 1.34. The standard InChI is InChI=1S/C12H20N2O3S/c1-10(2)7-13-11(15)8-18-9-12(16)14-3-5-17-6-4-14/h1,3-9H2,2H3,(H,13,15). The molecule has 0 saturated carbocycles. The van der Waals surface area contributed by atoms with E-state index in [0.717, 1.165) is 5.57 Å². The van der Waals surface area contributed by atoms with E-state index < -0.39 is 0 Å². The van der Waals surface area contributed by atoms with Crippen LogP contribution >= 0.6 is 11.8 Å². The highest BCUT2D eigenvalue weighted by atomic mass is 32.2. The van der Waals surface area contributed by atoms with Crippen molar-refractivity contribution in [3.63, 3.8) is 0 Å². The zero-order valence-corrected chi connectivity index (χ0v) is 11.6. The average Bonchev–Trinajstić information content (AvgIpc) is 2.37. The lowest BCUT2D eigenvalue weighted by atomic mass is 10.3. The Labute approximate surface area is 112 Å². The lowest BCUT2D eigenvalue weighted by Crippen LogP contribution is -2.41. The van der Waals surface area contributed by atoms with Gasteiger partial charge in [-0.2, -0.15) is 0 Å². The van der Waals surface area contributed by atoms with Crippen molar-refractivity contribution in [3.05, 3.63) is 12.2 Å². The lowest BCUT2D eigenvalue weighted by molar-refractivity contribution is -0.132. The van der Waals surface area contributed by atoms with Gasteiger partial charge in [-0.05, 0) is 6.92 Å². The second kappa shape index (κ2) is 8.16. The summed E-state index contributed by atoms with van der Waals surface area (Å²) in [6, 6.07) is 0. The first-order valence-corrected chi connectivity index (χ1v) is 7.09. The molecule has 0 bridgehead atoms. The van der Waals surface area contributed by atoms with Gasteiger partial charge in [0.2, 0.25) is 11.8 Å². The Kier molecular flexibility index (Phi) is 6.82. The third-order valence-corrected chi connectivity index (χ3v) is 3.33. The van der Waals surface area contributed by atoms with Crippen LogP contribution in [0.15, 0.2) is 12.2 Å². The maximum Gasteiger partial charge on any atom is 0.232 e. The Morgan fingerprint density at radius 3 is 2.61 bits per heavy atom. The SMILES string of the molecule is C=C(C)CNC(=O)CSCC(=O)N1CCOCC1. The number of thioether (sulfide) groups is 1. The fraction of sp³-hybridized carbons (Fsp3) is 0.667. The van der Waals surface area contributed by atoms with Gasteiger partial charge in [0, 0.05) is 19.6 Å². The van der Waals surface area contributed by atoms with Crippen LogP contribution < -0.4 is 5.32 Å². The third-order valence-electron chi connectivity index (χ3n) is 2.41. The van der Waals surface area contributed by atoms with Crippen molar-refractivity contribution in [2.75, 3.05) is 44.4 Å². The van der Waals surface area contributed by atoms with Crippen LogP contribution in [0.1, 0.15) is 6.92 Å². The molecule has 0 radical (unpaired) electrons. The van der Waals surface area contributed by atoms with Crippen molar-refractivity contribution < 1.29 is 14.3 Å². The monoisotopic (exact) mass is 272 g/mol. The lowest BCUT2D eigenvalue weighted by Gasteiger charge is -2.26. The highest BCUT2D eigenvalue weighted by Crippen LogP contribution is 2.05. The molecule has 1 N–H and O–H groups in total. The molecule has 0 aromatic rings. The summed E-state index contributed by atoms with van der Waals surface area (Å²) in [5.74, 6) is 0.679. The number of rotatable bonds is 6. The summed E-state index contributed by atoms with van der Waals surface area (Å²) < 4.78 is 5.17. The number of hydrogen-bond donors (Lipinski definition) is 1. The molecule has 0 aromatic heterocycles. The smallest absolute Gasteiger partial charge is 0.232 e. The van der Waals surface area contributed by atoms with E-state index in [-0.39, 0.29) is 11.8 Å². The fourth-order valence-corrected chi connectivity index (χ4v) is 2.18. The van der Waals surface area contributed by atoms with Crippen LogP contribution in [-0.4, -0.2) is 61.1 Å². The van der Waals surface area contributed by atoms with Crippen LogP contribution in [0.3, 0.4) is 0 Å². The molecule has 1 aliphatic rings. The number of hydrogen-bond acceptors (Lipinski definition) is 4. The molecule has 102 valence electrons. The van der Waals surface area contributed by atoms with E-state index in [0.29, 0.717) is 44.4 Å². The third kappa shape index (κ3) is 6.07. The maximum atomic E-state index is 11.7. The Morgan fingerprint density at radius 1 is 1.33 bits per heavy atom. The van der Waals surface area contributed by atoms with E-state index in [2.05, 4.69) is 11.9 Å². The number of nitrogens with zero attached hydrogens (tertiary/aromatic N) is 1. The molecule has 0 aliphatic carbocycles. The first kappa shape index (κ1) is 15.0. The van der Waals surface area contributed by atoms with Crippen molar-refractivity contribution in [1.29, 1.82) is 0 Å². The van der Waals surface area contributed by atoms with Gasteiger partial charge in [-0.15, -0.1) is 11.8 Å². The number of nitrogens with one attached hydrogen (secondary N) is 1. The summed E-state index contributed by atoms with van der Waals surface area (Å²) in [5.41, 5.74) is 0.915. The van der Waals surface area contributed by atoms with Crippen LogP contribution in [0.4, 0.5) is 0 Å². The van der Waals surface area contributed by atoms with Crippen LogP contribution in [-0.2, 0) is 14.3 Å². The topological polar surface area (TPSA) is 58.6 Å². The number of ether oxygens (including phenoxy) is 1. The Morgan fingerprint density at radius 2 is 2.00 bits per heavy atom. The van der Waals surface area contributed by atoms with Gasteiger partial charge < -0.3 is 15.0 Å². The van der Waals surface area contributed by atoms with Crippen LogP contribution in [0, 0.1) is 0 Å². The molecule has 5 nitrogen and oxygen atoms in total. The normalized spacial score (nSPS) is 15.3. The predicted octanol–water partition coefficient (Wildman–Crippen LogP) is 0.271. The van der Waals surface area contributed by atoms with Crippen LogP contribution in [0.5, 0.6) is 0 Å². The van der Waals surface area contributed by atoms with Gasteiger partial charge in [0.15, 0.2) is 0 Å². The zero-order valence-electron chi connectivity index (χ0n) is 10.7. The van der Waals surface area contributed by atoms with E-state index in [1.807, 2.05) is 6.92 Å². The van der Waals surface area contributed by atoms with Gasteiger partial charge in [0.1, 0.15) is 0 Å². The molecule has 0 aromatic carbocycles. The first-order valence-electron chi connectivity index (χ1n) is 5.94. The van der Waals surface area contributed by atoms with E-state index in [1.165, 1.54) is 11.8 Å². The number of morpholine rings is 1. The second-order valence-corrected chi connectivity index (χ2v) is 5.21. The highest BCUT2D eigenvalue weighted by Gasteiger charge is 2.16. The predicted molar refractivity (Wildman–Crippen MR) is 72.5 cm³/mol. The minimum Gasteiger partial charge on any atom is -0.378 e. The number of amides is 2. The number of carbonyl (C=O) groups is 2. The Balaban J connectivity index is 2.10. The molecule has 0 spiro atoms. The number of carbonyl (C=O) groups excluding carboxylic acids is 2. The van der Waals surface area contributed by atoms with E-state index in [9.17, 15) is 9.59 Å². The highest BCUT2D eigenvalue weighted by molar-refractivity contribution is 8.00. The molecular weight excluding hydrogens is 252 g/mol. The Bertz CT molecular complexity index is 314. The summed E-state index contributed by atoms with van der Waals surface area (Å²) in [7, 11) is 0. The molecule has 1 saturated heterocycles. The summed E-state index contributed by atoms with van der Waals surface area (Å²) in [5, 5.41) is 2.73. The molecule has 6 heteroatoms. The maximum absolute atomic E-state index is 11.7. The van der Waals surface area contributed by atoms with Gasteiger partial charge in [0.05, 0.1) is 24.7 Å². The Hall–Kier alpha value is -1.01. The average molecular weight is 272 g/mol. The molecule has 1 heterocycles. The van der Waals surface area contributed by atoms with Crippen LogP contribution in [0.25, 0.3) is 0 Å². The van der Waals surface area contributed by atoms with E-state index in [4.69, 9.17) is 4.74 Å². The molecule has 1 aliphatic heterocycles. The fourth-order valence-electron chi connectivity index (χ4n) is 1.44. The molecule has 1 fully saturated rings. The molecule has 1 rings (SSSR count). The quantitative estimate of drug-likeness (QED) is 0.705. The van der Waals surface area contributed by atoms with Gasteiger partial charge in [-0.1, -0.05) is 12.2 Å². The zero-order chi connectivity index (χ0) is 13.4. The summed E-state index contributed by atoms with van der Waals surface area (Å²) in [4.78, 5) is 24.9. The van der Waals surface area contributed by atoms with E-state index >= 15 is 0 Å². The van der Waals surface area contributed by atoms with Gasteiger partial charge in [-0.25, -0.2) is 0 Å². The van der Waals surface area contributed by atoms with Gasteiger partial charge in [-0.3, -0.25) is 9.59 Å². The minimum atomic E-state index is -0.0576. The molecule has 2 amide bonds. The first-order chi connectivity index (χ1) is 8.59. The van der Waals surface area contributed by atoms with Crippen molar-refractivity contribution >= 4 is 23.6 Å². The van der Waals surface area contributed by atoms with Crippen molar-refractivity contribution in [1.82, 2.24) is 10.2 Å². The molecule has 0 unspecified atom stereocenters. The molecule has 18 heavy (non-hydrogen) atoms. The summed E-state index contributed by atoms with van der Waals surface area (Å²) in [6.07, 6.45) is 0. The van der Waals surface area contributed by atoms with Crippen molar-refractivity contribution in [3.8, 4) is 0 Å². The van der Waals surface area contributed by atoms with Gasteiger partial charge >= 0.3 is 0 Å². The van der Waals surface area contributed by atoms with Crippen LogP contribution in [0.2, 0.25) is 0 Å². The molecule has 0 atom stereocenters. The van der Waals surface area contributed by atoms with Crippen molar-refractivity contribution in [2.45, 2.75) is 6.92 Å². The van der Waals surface area contributed by atoms with E-state index in [1.54, 1.807) is 4.90 Å². The largest absolute Gasteiger partial charge is 0.378 e. The minimum absolute atomic E-state index is 0.0576. The molecular formula is C12H20N2O3S. The van der Waals surface area contributed by atoms with Gasteiger partial charge in [0.25, 0.3) is 0 Å². The van der Waals surface area contributed by atoms with Crippen molar-refractivity contribution in [2.24, 2.45) is 0 Å².